The Morgan fingerprint density at radius 1 is 0.969 bits per heavy atom. The van der Waals surface area contributed by atoms with Crippen molar-refractivity contribution in [2.24, 2.45) is 5.92 Å². The molecule has 1 unspecified atom stereocenters. The Hall–Kier alpha value is -3.61. The van der Waals surface area contributed by atoms with Gasteiger partial charge in [-0.05, 0) is 61.4 Å². The molecular formula is C25H26N4O3. The number of aromatic nitrogens is 1. The predicted molar refractivity (Wildman–Crippen MR) is 124 cm³/mol. The Kier molecular flexibility index (Phi) is 5.39. The van der Waals surface area contributed by atoms with Gasteiger partial charge in [0.25, 0.3) is 5.91 Å². The first-order valence-corrected chi connectivity index (χ1v) is 11.1. The van der Waals surface area contributed by atoms with Gasteiger partial charge in [-0.25, -0.2) is 0 Å². The lowest BCUT2D eigenvalue weighted by molar-refractivity contribution is -0.119. The van der Waals surface area contributed by atoms with Crippen LogP contribution in [0.25, 0.3) is 10.9 Å². The molecule has 1 atom stereocenters. The van der Waals surface area contributed by atoms with E-state index in [1.54, 1.807) is 11.0 Å². The number of carbonyl (C=O) groups excluding carboxylic acids is 3. The zero-order valence-electron chi connectivity index (χ0n) is 17.8. The van der Waals surface area contributed by atoms with Crippen LogP contribution in [0.4, 0.5) is 11.4 Å². The molecule has 164 valence electrons. The zero-order valence-corrected chi connectivity index (χ0v) is 17.8. The highest BCUT2D eigenvalue weighted by Gasteiger charge is 2.31. The van der Waals surface area contributed by atoms with Crippen LogP contribution in [0.5, 0.6) is 0 Å². The summed E-state index contributed by atoms with van der Waals surface area (Å²) in [6.45, 7) is 1.77. The van der Waals surface area contributed by atoms with Crippen LogP contribution in [-0.2, 0) is 9.59 Å². The van der Waals surface area contributed by atoms with E-state index in [4.69, 9.17) is 0 Å². The molecule has 0 bridgehead atoms. The Morgan fingerprint density at radius 3 is 2.53 bits per heavy atom. The Labute approximate surface area is 186 Å². The van der Waals surface area contributed by atoms with Crippen LogP contribution in [0.15, 0.2) is 54.7 Å². The molecular weight excluding hydrogens is 404 g/mol. The number of hydrogen-bond donors (Lipinski definition) is 2. The van der Waals surface area contributed by atoms with Gasteiger partial charge in [-0.1, -0.05) is 0 Å². The van der Waals surface area contributed by atoms with Crippen LogP contribution in [0.2, 0.25) is 0 Å². The number of carbonyl (C=O) groups is 3. The van der Waals surface area contributed by atoms with Gasteiger partial charge in [0.05, 0.1) is 0 Å². The molecule has 2 N–H and O–H groups in total. The number of nitrogens with one attached hydrogen (secondary N) is 2. The van der Waals surface area contributed by atoms with Gasteiger partial charge in [0.2, 0.25) is 11.8 Å². The van der Waals surface area contributed by atoms with Crippen molar-refractivity contribution in [1.29, 1.82) is 0 Å². The van der Waals surface area contributed by atoms with E-state index in [-0.39, 0.29) is 23.6 Å². The van der Waals surface area contributed by atoms with E-state index in [2.05, 4.69) is 10.3 Å². The molecule has 5 rings (SSSR count). The molecule has 7 nitrogen and oxygen atoms in total. The molecule has 3 aromatic rings. The summed E-state index contributed by atoms with van der Waals surface area (Å²) < 4.78 is 0. The first-order chi connectivity index (χ1) is 15.6. The minimum Gasteiger partial charge on any atom is -0.361 e. The zero-order chi connectivity index (χ0) is 22.1. The fraction of sp³-hybridized carbons (Fsp3) is 0.320. The molecule has 0 spiro atoms. The predicted octanol–water partition coefficient (Wildman–Crippen LogP) is 3.47. The fourth-order valence-corrected chi connectivity index (χ4v) is 4.59. The topological polar surface area (TPSA) is 85.5 Å². The minimum absolute atomic E-state index is 0.0554. The second kappa shape index (κ2) is 8.49. The number of benzene rings is 2. The third-order valence-electron chi connectivity index (χ3n) is 6.37. The quantitative estimate of drug-likeness (QED) is 0.650. The van der Waals surface area contributed by atoms with Crippen LogP contribution in [-0.4, -0.2) is 42.3 Å². The van der Waals surface area contributed by atoms with E-state index in [1.165, 1.54) is 0 Å². The first-order valence-electron chi connectivity index (χ1n) is 11.1. The highest BCUT2D eigenvalue weighted by Crippen LogP contribution is 2.28. The van der Waals surface area contributed by atoms with E-state index in [9.17, 15) is 14.4 Å². The third-order valence-corrected chi connectivity index (χ3v) is 6.37. The van der Waals surface area contributed by atoms with Crippen molar-refractivity contribution in [2.45, 2.75) is 25.7 Å². The van der Waals surface area contributed by atoms with Gasteiger partial charge < -0.3 is 20.1 Å². The van der Waals surface area contributed by atoms with Crippen molar-refractivity contribution >= 4 is 40.0 Å². The number of H-pyrrole nitrogens is 1. The van der Waals surface area contributed by atoms with E-state index in [0.29, 0.717) is 31.5 Å². The van der Waals surface area contributed by atoms with E-state index in [0.717, 1.165) is 41.7 Å². The molecule has 2 aromatic carbocycles. The summed E-state index contributed by atoms with van der Waals surface area (Å²) in [6.07, 6.45) is 4.82. The van der Waals surface area contributed by atoms with Crippen LogP contribution in [0.1, 0.15) is 36.0 Å². The van der Waals surface area contributed by atoms with Crippen molar-refractivity contribution in [1.82, 2.24) is 10.3 Å². The molecule has 0 aliphatic carbocycles. The number of anilines is 2. The lowest BCUT2D eigenvalue weighted by Crippen LogP contribution is -2.35. The van der Waals surface area contributed by atoms with Crippen molar-refractivity contribution in [2.75, 3.05) is 29.4 Å². The number of nitrogens with zero attached hydrogens (tertiary/aromatic N) is 2. The monoisotopic (exact) mass is 430 g/mol. The molecule has 2 aliphatic rings. The van der Waals surface area contributed by atoms with E-state index < -0.39 is 0 Å². The van der Waals surface area contributed by atoms with Crippen molar-refractivity contribution < 1.29 is 14.4 Å². The van der Waals surface area contributed by atoms with Gasteiger partial charge in [-0.15, -0.1) is 0 Å². The Balaban J connectivity index is 1.19. The molecule has 3 heterocycles. The number of hydrogen-bond acceptors (Lipinski definition) is 3. The standard InChI is InChI=1S/C25H26N4O3/c30-23-3-1-2-12-28(23)20-5-7-21(8-6-20)29-16-17(13-24(29)31)15-27-25(32)19-4-9-22-18(14-19)10-11-26-22/h4-11,14,17,26H,1-3,12-13,15-16H2,(H,27,32). The Morgan fingerprint density at radius 2 is 1.75 bits per heavy atom. The maximum Gasteiger partial charge on any atom is 0.251 e. The normalized spacial score (nSPS) is 19.1. The number of fused-ring (bicyclic) bond motifs is 1. The van der Waals surface area contributed by atoms with Crippen molar-refractivity contribution in [3.63, 3.8) is 0 Å². The highest BCUT2D eigenvalue weighted by molar-refractivity contribution is 5.99. The van der Waals surface area contributed by atoms with Gasteiger partial charge >= 0.3 is 0 Å². The molecule has 0 saturated carbocycles. The number of aromatic amines is 1. The van der Waals surface area contributed by atoms with Crippen LogP contribution in [0, 0.1) is 5.92 Å². The molecule has 2 aliphatic heterocycles. The molecule has 32 heavy (non-hydrogen) atoms. The lowest BCUT2D eigenvalue weighted by Gasteiger charge is -2.27. The molecule has 2 saturated heterocycles. The summed E-state index contributed by atoms with van der Waals surface area (Å²) >= 11 is 0. The summed E-state index contributed by atoms with van der Waals surface area (Å²) in [5, 5.41) is 3.97. The van der Waals surface area contributed by atoms with Gasteiger partial charge in [0.1, 0.15) is 0 Å². The lowest BCUT2D eigenvalue weighted by atomic mass is 10.1. The largest absolute Gasteiger partial charge is 0.361 e. The van der Waals surface area contributed by atoms with Crippen LogP contribution >= 0.6 is 0 Å². The molecule has 7 heteroatoms. The second-order valence-electron chi connectivity index (χ2n) is 8.58. The van der Waals surface area contributed by atoms with E-state index >= 15 is 0 Å². The average Bonchev–Trinajstić information content (AvgIpc) is 3.43. The minimum atomic E-state index is -0.130. The van der Waals surface area contributed by atoms with Crippen LogP contribution < -0.4 is 15.1 Å². The van der Waals surface area contributed by atoms with Crippen molar-refractivity contribution in [3.05, 3.63) is 60.3 Å². The maximum absolute atomic E-state index is 12.6. The molecule has 0 radical (unpaired) electrons. The second-order valence-corrected chi connectivity index (χ2v) is 8.58. The molecule has 3 amide bonds. The third kappa shape index (κ3) is 3.98. The summed E-state index contributed by atoms with van der Waals surface area (Å²) in [5.74, 6) is 0.146. The van der Waals surface area contributed by atoms with Crippen molar-refractivity contribution in [3.8, 4) is 0 Å². The SMILES string of the molecule is O=C(NCC1CC(=O)N(c2ccc(N3CCCCC3=O)cc2)C1)c1ccc2[nH]ccc2c1. The molecule has 1 aromatic heterocycles. The number of rotatable bonds is 5. The highest BCUT2D eigenvalue weighted by atomic mass is 16.2. The van der Waals surface area contributed by atoms with Crippen LogP contribution in [0.3, 0.4) is 0 Å². The smallest absolute Gasteiger partial charge is 0.251 e. The van der Waals surface area contributed by atoms with Gasteiger partial charge in [0.15, 0.2) is 0 Å². The first kappa shape index (κ1) is 20.3. The number of amides is 3. The molecule has 2 fully saturated rings. The fourth-order valence-electron chi connectivity index (χ4n) is 4.59. The van der Waals surface area contributed by atoms with Gasteiger partial charge in [-0.3, -0.25) is 14.4 Å². The van der Waals surface area contributed by atoms with Gasteiger partial charge in [0, 0.05) is 72.4 Å². The summed E-state index contributed by atoms with van der Waals surface area (Å²) in [4.78, 5) is 44.0. The van der Waals surface area contributed by atoms with E-state index in [1.807, 2.05) is 53.6 Å². The van der Waals surface area contributed by atoms with Gasteiger partial charge in [-0.2, -0.15) is 0 Å². The maximum atomic E-state index is 12.6. The Bertz CT molecular complexity index is 1170. The average molecular weight is 431 g/mol. The summed E-state index contributed by atoms with van der Waals surface area (Å²) in [5.41, 5.74) is 3.32. The summed E-state index contributed by atoms with van der Waals surface area (Å²) in [7, 11) is 0. The summed E-state index contributed by atoms with van der Waals surface area (Å²) in [6, 6.07) is 15.1. The number of piperidine rings is 1.